The number of benzene rings is 1. The number of rotatable bonds is 3. The van der Waals surface area contributed by atoms with E-state index in [0.29, 0.717) is 12.0 Å². The SMILES string of the molecule is CC1(C)CCC(C)(C)c2cc(-c3csc(C4C5CCC(N6CCCC(O)C6)CCC54)n3)ccc21. The highest BCUT2D eigenvalue weighted by Gasteiger charge is 2.53. The van der Waals surface area contributed by atoms with Crippen molar-refractivity contribution < 1.29 is 5.11 Å². The van der Waals surface area contributed by atoms with Crippen molar-refractivity contribution in [3.05, 3.63) is 39.7 Å². The first kappa shape index (κ1) is 23.2. The number of thiazole rings is 1. The number of nitrogens with zero attached hydrogens (tertiary/aromatic N) is 2. The van der Waals surface area contributed by atoms with Crippen LogP contribution >= 0.6 is 11.3 Å². The Morgan fingerprint density at radius 1 is 0.941 bits per heavy atom. The Morgan fingerprint density at radius 2 is 1.65 bits per heavy atom. The van der Waals surface area contributed by atoms with Crippen LogP contribution in [0, 0.1) is 11.8 Å². The van der Waals surface area contributed by atoms with Gasteiger partial charge in [-0.3, -0.25) is 4.90 Å². The second-order valence-corrected chi connectivity index (χ2v) is 13.9. The molecule has 1 aromatic carbocycles. The summed E-state index contributed by atoms with van der Waals surface area (Å²) in [4.78, 5) is 7.82. The van der Waals surface area contributed by atoms with Crippen molar-refractivity contribution >= 4 is 11.3 Å². The summed E-state index contributed by atoms with van der Waals surface area (Å²) in [7, 11) is 0. The fraction of sp³-hybridized carbons (Fsp3) is 0.700. The molecule has 4 aliphatic rings. The Kier molecular flexibility index (Phi) is 5.74. The Morgan fingerprint density at radius 3 is 2.35 bits per heavy atom. The van der Waals surface area contributed by atoms with Crippen LogP contribution in [0.2, 0.25) is 0 Å². The van der Waals surface area contributed by atoms with E-state index in [1.807, 2.05) is 11.3 Å². The lowest BCUT2D eigenvalue weighted by Crippen LogP contribution is -2.44. The van der Waals surface area contributed by atoms with E-state index in [1.54, 1.807) is 0 Å². The average Bonchev–Trinajstić information content (AvgIpc) is 3.35. The zero-order valence-corrected chi connectivity index (χ0v) is 22.3. The number of aromatic nitrogens is 1. The highest BCUT2D eigenvalue weighted by Crippen LogP contribution is 2.61. The third kappa shape index (κ3) is 4.08. The van der Waals surface area contributed by atoms with Gasteiger partial charge in [0.2, 0.25) is 0 Å². The molecule has 2 saturated carbocycles. The fourth-order valence-electron chi connectivity index (χ4n) is 7.51. The Balaban J connectivity index is 1.16. The smallest absolute Gasteiger partial charge is 0.0969 e. The molecule has 4 heteroatoms. The molecule has 6 rings (SSSR count). The van der Waals surface area contributed by atoms with E-state index in [2.05, 4.69) is 56.2 Å². The van der Waals surface area contributed by atoms with Gasteiger partial charge in [-0.15, -0.1) is 11.3 Å². The highest BCUT2D eigenvalue weighted by atomic mass is 32.1. The molecule has 0 bridgehead atoms. The molecule has 3 nitrogen and oxygen atoms in total. The first-order valence-corrected chi connectivity index (χ1v) is 14.6. The van der Waals surface area contributed by atoms with Crippen molar-refractivity contribution in [2.24, 2.45) is 11.8 Å². The van der Waals surface area contributed by atoms with Gasteiger partial charge in [-0.05, 0) is 97.8 Å². The van der Waals surface area contributed by atoms with Crippen LogP contribution in [0.25, 0.3) is 11.3 Å². The van der Waals surface area contributed by atoms with Crippen molar-refractivity contribution in [2.75, 3.05) is 13.1 Å². The zero-order chi connectivity index (χ0) is 23.7. The number of fused-ring (bicyclic) bond motifs is 2. The molecular formula is C30H42N2OS. The van der Waals surface area contributed by atoms with Gasteiger partial charge in [0, 0.05) is 29.4 Å². The minimum Gasteiger partial charge on any atom is -0.392 e. The lowest BCUT2D eigenvalue weighted by molar-refractivity contribution is 0.0413. The first-order valence-electron chi connectivity index (χ1n) is 13.8. The van der Waals surface area contributed by atoms with Crippen LogP contribution in [0.4, 0.5) is 0 Å². The van der Waals surface area contributed by atoms with E-state index in [-0.39, 0.29) is 16.9 Å². The van der Waals surface area contributed by atoms with Crippen LogP contribution in [0.1, 0.15) is 101 Å². The quantitative estimate of drug-likeness (QED) is 0.522. The average molecular weight is 479 g/mol. The number of aliphatic hydroxyl groups is 1. The Labute approximate surface area is 210 Å². The molecule has 2 heterocycles. The molecule has 3 aliphatic carbocycles. The Hall–Kier alpha value is -1.23. The molecule has 0 amide bonds. The van der Waals surface area contributed by atoms with E-state index in [1.165, 1.54) is 72.5 Å². The van der Waals surface area contributed by atoms with Gasteiger partial charge in [0.05, 0.1) is 16.8 Å². The van der Waals surface area contributed by atoms with Crippen molar-refractivity contribution in [3.63, 3.8) is 0 Å². The van der Waals surface area contributed by atoms with Gasteiger partial charge >= 0.3 is 0 Å². The predicted octanol–water partition coefficient (Wildman–Crippen LogP) is 6.89. The van der Waals surface area contributed by atoms with E-state index < -0.39 is 0 Å². The molecule has 184 valence electrons. The summed E-state index contributed by atoms with van der Waals surface area (Å²) in [6, 6.07) is 7.86. The zero-order valence-electron chi connectivity index (χ0n) is 21.5. The number of piperidine rings is 1. The van der Waals surface area contributed by atoms with Crippen molar-refractivity contribution in [1.29, 1.82) is 0 Å². The van der Waals surface area contributed by atoms with E-state index in [4.69, 9.17) is 4.98 Å². The summed E-state index contributed by atoms with van der Waals surface area (Å²) in [6.07, 6.45) is 9.84. The largest absolute Gasteiger partial charge is 0.392 e. The lowest BCUT2D eigenvalue weighted by Gasteiger charge is -2.42. The summed E-state index contributed by atoms with van der Waals surface area (Å²) in [6.45, 7) is 11.7. The maximum atomic E-state index is 10.1. The maximum Gasteiger partial charge on any atom is 0.0969 e. The van der Waals surface area contributed by atoms with E-state index >= 15 is 0 Å². The molecule has 1 aliphatic heterocycles. The van der Waals surface area contributed by atoms with Gasteiger partial charge in [-0.1, -0.05) is 39.8 Å². The maximum absolute atomic E-state index is 10.1. The minimum atomic E-state index is -0.103. The number of β-amino-alcohol motifs (C(OH)–C–C–N with tert-alkyl or cyclic N) is 1. The van der Waals surface area contributed by atoms with Gasteiger partial charge in [0.25, 0.3) is 0 Å². The second kappa shape index (κ2) is 8.42. The van der Waals surface area contributed by atoms with Crippen LogP contribution in [-0.4, -0.2) is 40.2 Å². The normalized spacial score (nSPS) is 34.7. The molecular weight excluding hydrogens is 436 g/mol. The van der Waals surface area contributed by atoms with Crippen LogP contribution in [0.15, 0.2) is 23.6 Å². The molecule has 1 aromatic heterocycles. The summed E-state index contributed by atoms with van der Waals surface area (Å²) in [5.41, 5.74) is 6.05. The molecule has 3 atom stereocenters. The number of hydrogen-bond acceptors (Lipinski definition) is 4. The van der Waals surface area contributed by atoms with Gasteiger partial charge in [-0.25, -0.2) is 4.98 Å². The fourth-order valence-corrected chi connectivity index (χ4v) is 8.59. The summed E-state index contributed by atoms with van der Waals surface area (Å²) >= 11 is 1.90. The van der Waals surface area contributed by atoms with Gasteiger partial charge in [0.15, 0.2) is 0 Å². The lowest BCUT2D eigenvalue weighted by atomic mass is 9.63. The molecule has 3 unspecified atom stereocenters. The molecule has 34 heavy (non-hydrogen) atoms. The van der Waals surface area contributed by atoms with E-state index in [9.17, 15) is 5.11 Å². The second-order valence-electron chi connectivity index (χ2n) is 13.1. The third-order valence-electron chi connectivity index (χ3n) is 9.90. The molecule has 1 saturated heterocycles. The van der Waals surface area contributed by atoms with Crippen molar-refractivity contribution in [3.8, 4) is 11.3 Å². The van der Waals surface area contributed by atoms with Crippen LogP contribution in [-0.2, 0) is 10.8 Å². The van der Waals surface area contributed by atoms with Crippen molar-refractivity contribution in [1.82, 2.24) is 9.88 Å². The van der Waals surface area contributed by atoms with Gasteiger partial charge < -0.3 is 5.11 Å². The Bertz CT molecular complexity index is 1040. The molecule has 1 N–H and O–H groups in total. The summed E-state index contributed by atoms with van der Waals surface area (Å²) in [5, 5.41) is 13.8. The van der Waals surface area contributed by atoms with Crippen LogP contribution in [0.3, 0.4) is 0 Å². The number of aliphatic hydroxyl groups excluding tert-OH is 1. The molecule has 2 aromatic rings. The van der Waals surface area contributed by atoms with Crippen LogP contribution in [0.5, 0.6) is 0 Å². The molecule has 0 spiro atoms. The van der Waals surface area contributed by atoms with Crippen LogP contribution < -0.4 is 0 Å². The van der Waals surface area contributed by atoms with Gasteiger partial charge in [0.1, 0.15) is 0 Å². The van der Waals surface area contributed by atoms with Gasteiger partial charge in [-0.2, -0.15) is 0 Å². The third-order valence-corrected chi connectivity index (χ3v) is 10.8. The molecule has 3 fully saturated rings. The first-order chi connectivity index (χ1) is 16.2. The molecule has 0 radical (unpaired) electrons. The van der Waals surface area contributed by atoms with Crippen molar-refractivity contribution in [2.45, 2.75) is 108 Å². The highest BCUT2D eigenvalue weighted by molar-refractivity contribution is 7.10. The standard InChI is InChI=1S/C30H42N2OS/c1-29(2)13-14-30(3,4)25-16-19(7-12-24(25)29)26-18-34-28(31-26)27-22-10-8-20(9-11-23(22)27)32-15-5-6-21(33)17-32/h7,12,16,18,20-23,27,33H,5-6,8-11,13-15,17H2,1-4H3. The topological polar surface area (TPSA) is 36.4 Å². The number of likely N-dealkylation sites (tertiary alicyclic amines) is 1. The van der Waals surface area contributed by atoms with E-state index in [0.717, 1.165) is 31.2 Å². The predicted molar refractivity (Wildman–Crippen MR) is 142 cm³/mol. The minimum absolute atomic E-state index is 0.103. The monoisotopic (exact) mass is 478 g/mol. The summed E-state index contributed by atoms with van der Waals surface area (Å²) in [5.74, 6) is 2.36. The number of hydrogen-bond donors (Lipinski definition) is 1. The summed E-state index contributed by atoms with van der Waals surface area (Å²) < 4.78 is 0.